The summed E-state index contributed by atoms with van der Waals surface area (Å²) in [6.45, 7) is 3.76. The van der Waals surface area contributed by atoms with Crippen LogP contribution >= 0.6 is 0 Å². The van der Waals surface area contributed by atoms with Gasteiger partial charge in [0.2, 0.25) is 5.95 Å². The standard InChI is InChI=1S/C28H26F3N9/c29-28(30,31)22-8-6-20(7-9-22)18-40-19-35-24-25(34-17-21-4-3-10-32-16-21)36-27(37-26(24)40)39-14-12-38(13-15-39)23-5-1-2-11-33-23/h1-11,16,19H,12-15,17-18H2,(H,34,36,37). The summed E-state index contributed by atoms with van der Waals surface area (Å²) in [5, 5.41) is 3.38. The first kappa shape index (κ1) is 25.5. The molecule has 0 radical (unpaired) electrons. The van der Waals surface area contributed by atoms with Crippen molar-refractivity contribution < 1.29 is 13.2 Å². The van der Waals surface area contributed by atoms with E-state index in [1.807, 2.05) is 34.9 Å². The number of alkyl halides is 3. The molecular formula is C28H26F3N9. The Hall–Kier alpha value is -4.74. The average Bonchev–Trinajstić information content (AvgIpc) is 3.39. The highest BCUT2D eigenvalue weighted by Crippen LogP contribution is 2.30. The molecule has 12 heteroatoms. The molecule has 5 heterocycles. The molecule has 0 bridgehead atoms. The van der Waals surface area contributed by atoms with Gasteiger partial charge in [0.15, 0.2) is 17.0 Å². The van der Waals surface area contributed by atoms with Crippen molar-refractivity contribution >= 4 is 28.7 Å². The van der Waals surface area contributed by atoms with Gasteiger partial charge in [-0.2, -0.15) is 23.1 Å². The van der Waals surface area contributed by atoms with E-state index in [0.29, 0.717) is 54.7 Å². The zero-order valence-electron chi connectivity index (χ0n) is 21.5. The van der Waals surface area contributed by atoms with Crippen molar-refractivity contribution in [3.05, 3.63) is 96.2 Å². The number of hydrogen-bond acceptors (Lipinski definition) is 8. The van der Waals surface area contributed by atoms with Gasteiger partial charge in [0, 0.05) is 51.3 Å². The lowest BCUT2D eigenvalue weighted by molar-refractivity contribution is -0.137. The summed E-state index contributed by atoms with van der Waals surface area (Å²) in [4.78, 5) is 27.3. The zero-order valence-corrected chi connectivity index (χ0v) is 21.5. The third kappa shape index (κ3) is 5.51. The van der Waals surface area contributed by atoms with Crippen molar-refractivity contribution in [3.63, 3.8) is 0 Å². The largest absolute Gasteiger partial charge is 0.416 e. The van der Waals surface area contributed by atoms with Crippen molar-refractivity contribution in [3.8, 4) is 0 Å². The van der Waals surface area contributed by atoms with Crippen molar-refractivity contribution in [2.75, 3.05) is 41.3 Å². The molecule has 1 aliphatic heterocycles. The topological polar surface area (TPSA) is 87.9 Å². The van der Waals surface area contributed by atoms with E-state index in [4.69, 9.17) is 9.97 Å². The van der Waals surface area contributed by atoms with E-state index < -0.39 is 11.7 Å². The number of hydrogen-bond donors (Lipinski definition) is 1. The Labute approximate surface area is 228 Å². The number of rotatable bonds is 7. The summed E-state index contributed by atoms with van der Waals surface area (Å²) in [6, 6.07) is 14.9. The van der Waals surface area contributed by atoms with Gasteiger partial charge in [-0.25, -0.2) is 9.97 Å². The molecule has 0 atom stereocenters. The highest BCUT2D eigenvalue weighted by Gasteiger charge is 2.30. The monoisotopic (exact) mass is 545 g/mol. The summed E-state index contributed by atoms with van der Waals surface area (Å²) < 4.78 is 40.9. The highest BCUT2D eigenvalue weighted by molar-refractivity contribution is 5.84. The first-order valence-corrected chi connectivity index (χ1v) is 12.9. The molecule has 1 aromatic carbocycles. The summed E-state index contributed by atoms with van der Waals surface area (Å²) in [5.74, 6) is 2.09. The maximum Gasteiger partial charge on any atom is 0.416 e. The van der Waals surface area contributed by atoms with Crippen LogP contribution in [-0.2, 0) is 19.3 Å². The number of nitrogens with one attached hydrogen (secondary N) is 1. The van der Waals surface area contributed by atoms with Crippen molar-refractivity contribution in [2.45, 2.75) is 19.3 Å². The summed E-state index contributed by atoms with van der Waals surface area (Å²) >= 11 is 0. The first-order valence-electron chi connectivity index (χ1n) is 12.9. The van der Waals surface area contributed by atoms with E-state index in [0.717, 1.165) is 36.6 Å². The molecule has 204 valence electrons. The summed E-state index contributed by atoms with van der Waals surface area (Å²) in [5.41, 5.74) is 2.21. The van der Waals surface area contributed by atoms with Crippen LogP contribution in [0.1, 0.15) is 16.7 Å². The van der Waals surface area contributed by atoms with Crippen LogP contribution in [-0.4, -0.2) is 55.7 Å². The number of imidazole rings is 1. The van der Waals surface area contributed by atoms with Gasteiger partial charge in [0.25, 0.3) is 0 Å². The number of aromatic nitrogens is 6. The number of fused-ring (bicyclic) bond motifs is 1. The quantitative estimate of drug-likeness (QED) is 0.317. The number of benzene rings is 1. The van der Waals surface area contributed by atoms with Crippen molar-refractivity contribution in [1.82, 2.24) is 29.5 Å². The second-order valence-electron chi connectivity index (χ2n) is 9.49. The fraction of sp³-hybridized carbons (Fsp3) is 0.250. The third-order valence-electron chi connectivity index (χ3n) is 6.80. The molecule has 0 saturated carbocycles. The molecule has 0 unspecified atom stereocenters. The maximum atomic E-state index is 13.0. The minimum Gasteiger partial charge on any atom is -0.364 e. The molecule has 1 saturated heterocycles. The molecule has 4 aromatic heterocycles. The number of nitrogens with zero attached hydrogens (tertiary/aromatic N) is 8. The van der Waals surface area contributed by atoms with Crippen LogP contribution in [0.5, 0.6) is 0 Å². The Kier molecular flexibility index (Phi) is 6.89. The number of piperazine rings is 1. The predicted octanol–water partition coefficient (Wildman–Crippen LogP) is 4.62. The Morgan fingerprint density at radius 3 is 2.30 bits per heavy atom. The molecule has 5 aromatic rings. The van der Waals surface area contributed by atoms with Gasteiger partial charge in [-0.3, -0.25) is 4.98 Å². The lowest BCUT2D eigenvalue weighted by Gasteiger charge is -2.35. The number of pyridine rings is 2. The van der Waals surface area contributed by atoms with E-state index in [-0.39, 0.29) is 0 Å². The van der Waals surface area contributed by atoms with Gasteiger partial charge in [-0.05, 0) is 41.5 Å². The van der Waals surface area contributed by atoms with Crippen LogP contribution in [0.15, 0.2) is 79.5 Å². The molecule has 1 fully saturated rings. The van der Waals surface area contributed by atoms with Crippen LogP contribution in [0.3, 0.4) is 0 Å². The smallest absolute Gasteiger partial charge is 0.364 e. The highest BCUT2D eigenvalue weighted by atomic mass is 19.4. The fourth-order valence-corrected chi connectivity index (χ4v) is 4.67. The summed E-state index contributed by atoms with van der Waals surface area (Å²) in [7, 11) is 0. The molecule has 40 heavy (non-hydrogen) atoms. The lowest BCUT2D eigenvalue weighted by atomic mass is 10.1. The van der Waals surface area contributed by atoms with E-state index >= 15 is 0 Å². The third-order valence-corrected chi connectivity index (χ3v) is 6.80. The maximum absolute atomic E-state index is 13.0. The van der Waals surface area contributed by atoms with Gasteiger partial charge in [-0.15, -0.1) is 0 Å². The van der Waals surface area contributed by atoms with Crippen molar-refractivity contribution in [1.29, 1.82) is 0 Å². The average molecular weight is 546 g/mol. The number of halogens is 3. The van der Waals surface area contributed by atoms with Crippen LogP contribution in [0.2, 0.25) is 0 Å². The van der Waals surface area contributed by atoms with E-state index in [1.54, 1.807) is 24.9 Å². The molecular weight excluding hydrogens is 519 g/mol. The molecule has 9 nitrogen and oxygen atoms in total. The summed E-state index contributed by atoms with van der Waals surface area (Å²) in [6.07, 6.45) is 2.56. The van der Waals surface area contributed by atoms with Crippen molar-refractivity contribution in [2.24, 2.45) is 0 Å². The second kappa shape index (κ2) is 10.8. The molecule has 1 N–H and O–H groups in total. The molecule has 1 aliphatic rings. The Morgan fingerprint density at radius 2 is 1.60 bits per heavy atom. The van der Waals surface area contributed by atoms with E-state index in [9.17, 15) is 13.2 Å². The zero-order chi connectivity index (χ0) is 27.5. The first-order chi connectivity index (χ1) is 19.4. The van der Waals surface area contributed by atoms with Gasteiger partial charge >= 0.3 is 6.18 Å². The Bertz CT molecular complexity index is 1560. The van der Waals surface area contributed by atoms with E-state index in [1.165, 1.54) is 12.1 Å². The van der Waals surface area contributed by atoms with Crippen LogP contribution < -0.4 is 15.1 Å². The minimum absolute atomic E-state index is 0.320. The van der Waals surface area contributed by atoms with Gasteiger partial charge in [0.05, 0.1) is 18.4 Å². The second-order valence-corrected chi connectivity index (χ2v) is 9.49. The van der Waals surface area contributed by atoms with Crippen LogP contribution in [0.25, 0.3) is 11.2 Å². The SMILES string of the molecule is FC(F)(F)c1ccc(Cn2cnc3c(NCc4cccnc4)nc(N4CCN(c5ccccn5)CC4)nc32)cc1. The van der Waals surface area contributed by atoms with E-state index in [2.05, 4.69) is 30.1 Å². The lowest BCUT2D eigenvalue weighted by Crippen LogP contribution is -2.47. The molecule has 0 aliphatic carbocycles. The minimum atomic E-state index is -4.38. The Balaban J connectivity index is 1.29. The molecule has 0 spiro atoms. The normalized spacial score (nSPS) is 14.1. The predicted molar refractivity (Wildman–Crippen MR) is 146 cm³/mol. The fourth-order valence-electron chi connectivity index (χ4n) is 4.67. The number of anilines is 3. The van der Waals surface area contributed by atoms with Gasteiger partial charge < -0.3 is 19.7 Å². The van der Waals surface area contributed by atoms with Gasteiger partial charge in [-0.1, -0.05) is 24.3 Å². The molecule has 0 amide bonds. The van der Waals surface area contributed by atoms with Crippen LogP contribution in [0.4, 0.5) is 30.8 Å². The Morgan fingerprint density at radius 1 is 0.800 bits per heavy atom. The van der Waals surface area contributed by atoms with Crippen LogP contribution in [0, 0.1) is 0 Å². The van der Waals surface area contributed by atoms with Gasteiger partial charge in [0.1, 0.15) is 5.82 Å². The molecule has 6 rings (SSSR count).